The molecule has 0 fully saturated rings. The van der Waals surface area contributed by atoms with Crippen molar-refractivity contribution in [3.05, 3.63) is 34.8 Å². The molecule has 0 saturated carbocycles. The number of rotatable bonds is 1. The van der Waals surface area contributed by atoms with Crippen LogP contribution < -0.4 is 5.73 Å². The predicted octanol–water partition coefficient (Wildman–Crippen LogP) is 3.42. The van der Waals surface area contributed by atoms with E-state index in [1.807, 2.05) is 0 Å². The summed E-state index contributed by atoms with van der Waals surface area (Å²) in [5, 5.41) is 0.197. The SMILES string of the molecule is C#Cc1cc(F)c2oc(C(N)C(F)(F)F)c(C)c2c1. The Morgan fingerprint density at radius 2 is 2.00 bits per heavy atom. The van der Waals surface area contributed by atoms with E-state index >= 15 is 0 Å². The fourth-order valence-electron chi connectivity index (χ4n) is 1.82. The van der Waals surface area contributed by atoms with Gasteiger partial charge in [0.15, 0.2) is 17.4 Å². The maximum atomic E-state index is 13.7. The van der Waals surface area contributed by atoms with E-state index in [9.17, 15) is 17.6 Å². The number of terminal acetylenes is 1. The van der Waals surface area contributed by atoms with Crippen molar-refractivity contribution in [2.24, 2.45) is 5.73 Å². The van der Waals surface area contributed by atoms with Crippen LogP contribution in [0.5, 0.6) is 0 Å². The van der Waals surface area contributed by atoms with E-state index in [1.54, 1.807) is 0 Å². The molecule has 0 bridgehead atoms. The average molecular weight is 271 g/mol. The number of nitrogens with two attached hydrogens (primary N) is 1. The van der Waals surface area contributed by atoms with Gasteiger partial charge in [0.25, 0.3) is 0 Å². The lowest BCUT2D eigenvalue weighted by atomic mass is 10.1. The van der Waals surface area contributed by atoms with E-state index in [0.717, 1.165) is 6.07 Å². The fourth-order valence-corrected chi connectivity index (χ4v) is 1.82. The summed E-state index contributed by atoms with van der Waals surface area (Å²) in [6.45, 7) is 1.38. The highest BCUT2D eigenvalue weighted by molar-refractivity contribution is 5.84. The van der Waals surface area contributed by atoms with Crippen molar-refractivity contribution in [2.75, 3.05) is 0 Å². The first-order valence-electron chi connectivity index (χ1n) is 5.27. The first-order valence-corrected chi connectivity index (χ1v) is 5.27. The monoisotopic (exact) mass is 271 g/mol. The molecule has 6 heteroatoms. The van der Waals surface area contributed by atoms with Gasteiger partial charge in [-0.15, -0.1) is 6.42 Å². The van der Waals surface area contributed by atoms with E-state index in [0.29, 0.717) is 0 Å². The maximum Gasteiger partial charge on any atom is 0.410 e. The van der Waals surface area contributed by atoms with Crippen molar-refractivity contribution < 1.29 is 22.0 Å². The number of halogens is 4. The van der Waals surface area contributed by atoms with Crippen molar-refractivity contribution >= 4 is 11.0 Å². The molecule has 2 nitrogen and oxygen atoms in total. The van der Waals surface area contributed by atoms with Gasteiger partial charge in [0.2, 0.25) is 0 Å². The quantitative estimate of drug-likeness (QED) is 0.637. The molecule has 1 aromatic heterocycles. The van der Waals surface area contributed by atoms with Crippen LogP contribution in [-0.2, 0) is 0 Å². The van der Waals surface area contributed by atoms with Gasteiger partial charge < -0.3 is 10.2 Å². The number of hydrogen-bond acceptors (Lipinski definition) is 2. The topological polar surface area (TPSA) is 39.2 Å². The van der Waals surface area contributed by atoms with E-state index < -0.39 is 23.8 Å². The van der Waals surface area contributed by atoms with Crippen LogP contribution in [0.25, 0.3) is 11.0 Å². The van der Waals surface area contributed by atoms with E-state index in [1.165, 1.54) is 13.0 Å². The lowest BCUT2D eigenvalue weighted by molar-refractivity contribution is -0.152. The van der Waals surface area contributed by atoms with Gasteiger partial charge in [-0.2, -0.15) is 13.2 Å². The van der Waals surface area contributed by atoms with Crippen LogP contribution in [0.15, 0.2) is 16.5 Å². The zero-order valence-corrected chi connectivity index (χ0v) is 9.81. The normalized spacial score (nSPS) is 13.5. The van der Waals surface area contributed by atoms with Crippen LogP contribution in [0.3, 0.4) is 0 Å². The second-order valence-electron chi connectivity index (χ2n) is 4.09. The fraction of sp³-hybridized carbons (Fsp3) is 0.231. The summed E-state index contributed by atoms with van der Waals surface area (Å²) < 4.78 is 56.3. The Morgan fingerprint density at radius 1 is 1.37 bits per heavy atom. The van der Waals surface area contributed by atoms with Crippen LogP contribution in [0.1, 0.15) is 22.9 Å². The number of aryl methyl sites for hydroxylation is 1. The number of hydrogen-bond donors (Lipinski definition) is 1. The average Bonchev–Trinajstić information content (AvgIpc) is 2.65. The van der Waals surface area contributed by atoms with Gasteiger partial charge in [-0.3, -0.25) is 0 Å². The molecule has 1 heterocycles. The third kappa shape index (κ3) is 2.17. The van der Waals surface area contributed by atoms with Gasteiger partial charge in [0.1, 0.15) is 5.76 Å². The van der Waals surface area contributed by atoms with Gasteiger partial charge in [0, 0.05) is 16.5 Å². The van der Waals surface area contributed by atoms with Crippen LogP contribution >= 0.6 is 0 Å². The lowest BCUT2D eigenvalue weighted by Crippen LogP contribution is -2.28. The minimum absolute atomic E-state index is 0.135. The summed E-state index contributed by atoms with van der Waals surface area (Å²) in [5.41, 5.74) is 5.16. The summed E-state index contributed by atoms with van der Waals surface area (Å²) in [4.78, 5) is 0. The summed E-state index contributed by atoms with van der Waals surface area (Å²) in [6.07, 6.45) is 0.481. The Hall–Kier alpha value is -2.00. The molecule has 2 aromatic rings. The summed E-state index contributed by atoms with van der Waals surface area (Å²) in [7, 11) is 0. The molecule has 1 atom stereocenters. The largest absolute Gasteiger partial charge is 0.456 e. The summed E-state index contributed by atoms with van der Waals surface area (Å²) >= 11 is 0. The molecule has 0 aliphatic carbocycles. The number of furan rings is 1. The van der Waals surface area contributed by atoms with Crippen molar-refractivity contribution in [1.82, 2.24) is 0 Å². The summed E-state index contributed by atoms with van der Waals surface area (Å²) in [5.74, 6) is 0.906. The molecular formula is C13H9F4NO. The van der Waals surface area contributed by atoms with Gasteiger partial charge in [0.05, 0.1) is 0 Å². The molecule has 1 aromatic carbocycles. The molecule has 0 radical (unpaired) electrons. The number of fused-ring (bicyclic) bond motifs is 1. The van der Waals surface area contributed by atoms with E-state index in [4.69, 9.17) is 16.6 Å². The first-order chi connectivity index (χ1) is 8.75. The standard InChI is InChI=1S/C13H9F4NO/c1-3-7-4-8-6(2)10(12(18)13(15,16)17)19-11(8)9(14)5-7/h1,4-5,12H,18H2,2H3. The van der Waals surface area contributed by atoms with Crippen molar-refractivity contribution in [1.29, 1.82) is 0 Å². The second-order valence-corrected chi connectivity index (χ2v) is 4.09. The second kappa shape index (κ2) is 4.28. The number of alkyl halides is 3. The highest BCUT2D eigenvalue weighted by Crippen LogP contribution is 2.37. The van der Waals surface area contributed by atoms with Crippen molar-refractivity contribution in [2.45, 2.75) is 19.1 Å². The van der Waals surface area contributed by atoms with Crippen LogP contribution in [-0.4, -0.2) is 6.18 Å². The Balaban J connectivity index is 2.71. The molecule has 2 rings (SSSR count). The molecule has 0 aliphatic rings. The van der Waals surface area contributed by atoms with E-state index in [2.05, 4.69) is 5.92 Å². The highest BCUT2D eigenvalue weighted by Gasteiger charge is 2.41. The molecule has 0 spiro atoms. The Morgan fingerprint density at radius 3 is 2.53 bits per heavy atom. The molecule has 0 aliphatic heterocycles. The van der Waals surface area contributed by atoms with Crippen LogP contribution in [0, 0.1) is 25.1 Å². The zero-order chi connectivity index (χ0) is 14.4. The highest BCUT2D eigenvalue weighted by atomic mass is 19.4. The first kappa shape index (κ1) is 13.4. The smallest absolute Gasteiger partial charge is 0.410 e. The van der Waals surface area contributed by atoms with Gasteiger partial charge in [-0.1, -0.05) is 5.92 Å². The minimum atomic E-state index is -4.66. The Bertz CT molecular complexity index is 678. The third-order valence-corrected chi connectivity index (χ3v) is 2.83. The third-order valence-electron chi connectivity index (χ3n) is 2.83. The molecule has 0 saturated heterocycles. The number of benzene rings is 1. The van der Waals surface area contributed by atoms with E-state index in [-0.39, 0.29) is 22.1 Å². The molecule has 100 valence electrons. The summed E-state index contributed by atoms with van der Waals surface area (Å²) in [6, 6.07) is 0.117. The van der Waals surface area contributed by atoms with Gasteiger partial charge in [-0.05, 0) is 19.1 Å². The van der Waals surface area contributed by atoms with Crippen LogP contribution in [0.4, 0.5) is 17.6 Å². The predicted molar refractivity (Wildman–Crippen MR) is 61.8 cm³/mol. The Labute approximate surface area is 106 Å². The van der Waals surface area contributed by atoms with Crippen molar-refractivity contribution in [3.8, 4) is 12.3 Å². The van der Waals surface area contributed by atoms with Gasteiger partial charge >= 0.3 is 6.18 Å². The zero-order valence-electron chi connectivity index (χ0n) is 9.81. The van der Waals surface area contributed by atoms with Gasteiger partial charge in [-0.25, -0.2) is 4.39 Å². The molecular weight excluding hydrogens is 262 g/mol. The maximum absolute atomic E-state index is 13.7. The van der Waals surface area contributed by atoms with Crippen LogP contribution in [0.2, 0.25) is 0 Å². The minimum Gasteiger partial charge on any atom is -0.456 e. The molecule has 19 heavy (non-hydrogen) atoms. The molecule has 1 unspecified atom stereocenters. The van der Waals surface area contributed by atoms with Crippen molar-refractivity contribution in [3.63, 3.8) is 0 Å². The Kier molecular flexibility index (Phi) is 3.03. The molecule has 0 amide bonds. The lowest BCUT2D eigenvalue weighted by Gasteiger charge is -2.13. The molecule has 2 N–H and O–H groups in total.